The molecule has 0 unspecified atom stereocenters. The summed E-state index contributed by atoms with van der Waals surface area (Å²) in [4.78, 5) is 14.5. The Bertz CT molecular complexity index is 659. The molecule has 22 heavy (non-hydrogen) atoms. The number of benzene rings is 1. The first kappa shape index (κ1) is 17.1. The number of nitrogens with zero attached hydrogens (tertiary/aromatic N) is 2. The van der Waals surface area contributed by atoms with E-state index < -0.39 is 0 Å². The van der Waals surface area contributed by atoms with Gasteiger partial charge >= 0.3 is 0 Å². The van der Waals surface area contributed by atoms with Gasteiger partial charge in [-0.25, -0.2) is 0 Å². The zero-order valence-corrected chi connectivity index (χ0v) is 14.7. The summed E-state index contributed by atoms with van der Waals surface area (Å²) in [5.41, 5.74) is 8.14. The normalized spacial score (nSPS) is 20.8. The van der Waals surface area contributed by atoms with Crippen LogP contribution in [0, 0.1) is 0 Å². The van der Waals surface area contributed by atoms with E-state index in [2.05, 4.69) is 28.1 Å². The molecule has 0 bridgehead atoms. The van der Waals surface area contributed by atoms with Gasteiger partial charge in [0, 0.05) is 42.8 Å². The van der Waals surface area contributed by atoms with E-state index >= 15 is 0 Å². The number of aromatic nitrogens is 1. The minimum absolute atomic E-state index is 0. The monoisotopic (exact) mass is 383 g/mol. The van der Waals surface area contributed by atoms with E-state index in [1.807, 2.05) is 47.0 Å². The Hall–Kier alpha value is -1.30. The third-order valence-electron chi connectivity index (χ3n) is 4.07. The maximum atomic E-state index is 12.6. The summed E-state index contributed by atoms with van der Waals surface area (Å²) in [7, 11) is 1.88. The first-order valence-corrected chi connectivity index (χ1v) is 7.77. The lowest BCUT2D eigenvalue weighted by molar-refractivity contribution is 0.0779. The summed E-state index contributed by atoms with van der Waals surface area (Å²) in [6, 6.07) is 12.0. The highest BCUT2D eigenvalue weighted by atomic mass is 79.9. The number of rotatable bonds is 2. The van der Waals surface area contributed by atoms with Crippen molar-refractivity contribution < 1.29 is 4.79 Å². The van der Waals surface area contributed by atoms with Crippen molar-refractivity contribution in [3.05, 3.63) is 58.3 Å². The molecule has 1 saturated heterocycles. The van der Waals surface area contributed by atoms with Crippen molar-refractivity contribution in [2.24, 2.45) is 12.8 Å². The first-order chi connectivity index (χ1) is 10.1. The average molecular weight is 385 g/mol. The Balaban J connectivity index is 0.00000176. The third-order valence-corrected chi connectivity index (χ3v) is 4.50. The summed E-state index contributed by atoms with van der Waals surface area (Å²) in [5, 5.41) is 0. The van der Waals surface area contributed by atoms with E-state index in [1.165, 1.54) is 5.56 Å². The van der Waals surface area contributed by atoms with Crippen LogP contribution in [0.5, 0.6) is 0 Å². The number of halogens is 2. The highest BCUT2D eigenvalue weighted by Gasteiger charge is 2.34. The molecular weight excluding hydrogens is 366 g/mol. The van der Waals surface area contributed by atoms with Crippen molar-refractivity contribution >= 4 is 34.2 Å². The van der Waals surface area contributed by atoms with E-state index in [0.717, 1.165) is 4.47 Å². The molecule has 1 aliphatic heterocycles. The van der Waals surface area contributed by atoms with Gasteiger partial charge in [-0.2, -0.15) is 0 Å². The zero-order chi connectivity index (χ0) is 15.0. The van der Waals surface area contributed by atoms with E-state index in [9.17, 15) is 4.79 Å². The number of likely N-dealkylation sites (tertiary alicyclic amines) is 1. The minimum atomic E-state index is -0.0138. The summed E-state index contributed by atoms with van der Waals surface area (Å²) < 4.78 is 2.75. The lowest BCUT2D eigenvalue weighted by atomic mass is 9.95. The van der Waals surface area contributed by atoms with Crippen LogP contribution in [-0.2, 0) is 7.05 Å². The molecule has 4 nitrogen and oxygen atoms in total. The van der Waals surface area contributed by atoms with Crippen LogP contribution < -0.4 is 5.73 Å². The van der Waals surface area contributed by atoms with Gasteiger partial charge in [-0.05, 0) is 27.6 Å². The van der Waals surface area contributed by atoms with Crippen molar-refractivity contribution in [2.45, 2.75) is 12.0 Å². The Morgan fingerprint density at radius 1 is 1.27 bits per heavy atom. The number of hydrogen-bond donors (Lipinski definition) is 1. The lowest BCUT2D eigenvalue weighted by Crippen LogP contribution is -2.33. The first-order valence-electron chi connectivity index (χ1n) is 6.98. The van der Waals surface area contributed by atoms with Gasteiger partial charge in [-0.3, -0.25) is 4.79 Å². The molecule has 6 heteroatoms. The predicted octanol–water partition coefficient (Wildman–Crippen LogP) is 2.78. The maximum Gasteiger partial charge on any atom is 0.270 e. The van der Waals surface area contributed by atoms with E-state index in [-0.39, 0.29) is 30.3 Å². The van der Waals surface area contributed by atoms with E-state index in [1.54, 1.807) is 0 Å². The van der Waals surface area contributed by atoms with E-state index in [4.69, 9.17) is 5.73 Å². The molecule has 1 aromatic heterocycles. The Labute approximate surface area is 144 Å². The quantitative estimate of drug-likeness (QED) is 0.865. The Morgan fingerprint density at radius 3 is 2.55 bits per heavy atom. The molecule has 2 aromatic rings. The van der Waals surface area contributed by atoms with Crippen LogP contribution in [0.1, 0.15) is 22.0 Å². The Morgan fingerprint density at radius 2 is 1.95 bits per heavy atom. The minimum Gasteiger partial charge on any atom is -0.345 e. The third kappa shape index (κ3) is 3.21. The fourth-order valence-corrected chi connectivity index (χ4v) is 3.47. The summed E-state index contributed by atoms with van der Waals surface area (Å²) in [6.07, 6.45) is 1.89. The van der Waals surface area contributed by atoms with Crippen LogP contribution in [0.2, 0.25) is 0 Å². The van der Waals surface area contributed by atoms with Gasteiger partial charge in [-0.1, -0.05) is 30.3 Å². The topological polar surface area (TPSA) is 51.3 Å². The fourth-order valence-electron chi connectivity index (χ4n) is 2.95. The molecule has 1 aliphatic rings. The number of carbonyl (C=O) groups is 1. The summed E-state index contributed by atoms with van der Waals surface area (Å²) in [6.45, 7) is 1.27. The maximum absolute atomic E-state index is 12.6. The van der Waals surface area contributed by atoms with Crippen LogP contribution in [-0.4, -0.2) is 34.5 Å². The van der Waals surface area contributed by atoms with Crippen LogP contribution in [0.4, 0.5) is 0 Å². The van der Waals surface area contributed by atoms with Crippen molar-refractivity contribution in [1.82, 2.24) is 9.47 Å². The van der Waals surface area contributed by atoms with Gasteiger partial charge in [0.15, 0.2) is 0 Å². The highest BCUT2D eigenvalue weighted by molar-refractivity contribution is 9.10. The van der Waals surface area contributed by atoms with Gasteiger partial charge in [-0.15, -0.1) is 12.4 Å². The summed E-state index contributed by atoms with van der Waals surface area (Å²) >= 11 is 3.40. The molecule has 118 valence electrons. The number of hydrogen-bond acceptors (Lipinski definition) is 2. The van der Waals surface area contributed by atoms with Crippen LogP contribution in [0.15, 0.2) is 47.1 Å². The van der Waals surface area contributed by atoms with Crippen LogP contribution in [0.25, 0.3) is 0 Å². The molecule has 0 saturated carbocycles. The van der Waals surface area contributed by atoms with Crippen molar-refractivity contribution in [2.75, 3.05) is 13.1 Å². The second-order valence-electron chi connectivity index (χ2n) is 5.55. The second-order valence-corrected chi connectivity index (χ2v) is 6.46. The molecule has 0 spiro atoms. The van der Waals surface area contributed by atoms with Crippen molar-refractivity contribution in [3.8, 4) is 0 Å². The van der Waals surface area contributed by atoms with E-state index in [0.29, 0.717) is 18.8 Å². The van der Waals surface area contributed by atoms with Gasteiger partial charge in [0.25, 0.3) is 5.91 Å². The molecule has 1 aromatic carbocycles. The lowest BCUT2D eigenvalue weighted by Gasteiger charge is -2.16. The molecule has 1 amide bonds. The standard InChI is InChI=1S/C16H18BrN3O.ClH/c1-19-8-12(17)7-15(19)16(21)20-9-13(14(18)10-20)11-5-3-2-4-6-11;/h2-8,13-14H,9-10,18H2,1H3;1H/t13-,14+;/m0./s1. The highest BCUT2D eigenvalue weighted by Crippen LogP contribution is 2.28. The molecule has 2 heterocycles. The number of aryl methyl sites for hydroxylation is 1. The molecular formula is C16H19BrClN3O. The zero-order valence-electron chi connectivity index (χ0n) is 12.3. The average Bonchev–Trinajstić information content (AvgIpc) is 3.02. The number of nitrogens with two attached hydrogens (primary N) is 1. The molecule has 3 rings (SSSR count). The van der Waals surface area contributed by atoms with Crippen molar-refractivity contribution in [3.63, 3.8) is 0 Å². The molecule has 2 atom stereocenters. The van der Waals surface area contributed by atoms with Crippen LogP contribution >= 0.6 is 28.3 Å². The molecule has 1 fully saturated rings. The van der Waals surface area contributed by atoms with Gasteiger partial charge in [0.05, 0.1) is 0 Å². The summed E-state index contributed by atoms with van der Waals surface area (Å²) in [5.74, 6) is 0.246. The molecule has 0 aliphatic carbocycles. The van der Waals surface area contributed by atoms with Gasteiger partial charge < -0.3 is 15.2 Å². The number of amides is 1. The number of carbonyl (C=O) groups excluding carboxylic acids is 1. The largest absolute Gasteiger partial charge is 0.345 e. The predicted molar refractivity (Wildman–Crippen MR) is 93.4 cm³/mol. The molecule has 2 N–H and O–H groups in total. The van der Waals surface area contributed by atoms with Crippen molar-refractivity contribution in [1.29, 1.82) is 0 Å². The van der Waals surface area contributed by atoms with Gasteiger partial charge in [0.2, 0.25) is 0 Å². The second kappa shape index (κ2) is 6.86. The Kier molecular flexibility index (Phi) is 5.32. The smallest absolute Gasteiger partial charge is 0.270 e. The SMILES string of the molecule is Cl.Cn1cc(Br)cc1C(=O)N1C[C@@H](N)[C@H](c2ccccc2)C1. The fraction of sp³-hybridized carbons (Fsp3) is 0.312. The molecule has 0 radical (unpaired) electrons. The van der Waals surface area contributed by atoms with Gasteiger partial charge in [0.1, 0.15) is 5.69 Å². The van der Waals surface area contributed by atoms with Crippen LogP contribution in [0.3, 0.4) is 0 Å².